The Kier molecular flexibility index (Phi) is 4.90. The van der Waals surface area contributed by atoms with E-state index in [-0.39, 0.29) is 12.5 Å². The van der Waals surface area contributed by atoms with Gasteiger partial charge in [-0.3, -0.25) is 9.89 Å². The second-order valence-corrected chi connectivity index (χ2v) is 4.69. The standard InChI is InChI=1S/C15H19N3O2/c1-2-6-12(19)10-16-15(20)14-9-13(17-18-14)11-7-4-3-5-8-11/h3-5,7-9,12,19H,2,6,10H2,1H3,(H,16,20)(H,17,18). The fourth-order valence-electron chi connectivity index (χ4n) is 1.94. The molecule has 1 aromatic carbocycles. The van der Waals surface area contributed by atoms with Crippen LogP contribution in [0.5, 0.6) is 0 Å². The Hall–Kier alpha value is -2.14. The van der Waals surface area contributed by atoms with Gasteiger partial charge in [0.05, 0.1) is 11.8 Å². The van der Waals surface area contributed by atoms with Crippen molar-refractivity contribution < 1.29 is 9.90 Å². The van der Waals surface area contributed by atoms with Crippen molar-refractivity contribution >= 4 is 5.91 Å². The number of carbonyl (C=O) groups is 1. The minimum Gasteiger partial charge on any atom is -0.391 e. The van der Waals surface area contributed by atoms with Crippen LogP contribution < -0.4 is 5.32 Å². The van der Waals surface area contributed by atoms with Crippen LogP contribution in [0, 0.1) is 0 Å². The molecule has 1 atom stereocenters. The van der Waals surface area contributed by atoms with Gasteiger partial charge in [-0.25, -0.2) is 0 Å². The van der Waals surface area contributed by atoms with Gasteiger partial charge in [0, 0.05) is 12.1 Å². The third kappa shape index (κ3) is 3.68. The lowest BCUT2D eigenvalue weighted by Gasteiger charge is -2.09. The number of rotatable bonds is 6. The molecule has 5 nitrogen and oxygen atoms in total. The van der Waals surface area contributed by atoms with Crippen LogP contribution in [0.25, 0.3) is 11.3 Å². The van der Waals surface area contributed by atoms with Crippen molar-refractivity contribution in [1.82, 2.24) is 15.5 Å². The summed E-state index contributed by atoms with van der Waals surface area (Å²) in [6.45, 7) is 2.25. The Labute approximate surface area is 118 Å². The molecule has 0 aliphatic rings. The number of nitrogens with one attached hydrogen (secondary N) is 2. The van der Waals surface area contributed by atoms with Gasteiger partial charge in [-0.1, -0.05) is 43.7 Å². The number of aromatic amines is 1. The lowest BCUT2D eigenvalue weighted by atomic mass is 10.1. The van der Waals surface area contributed by atoms with Gasteiger partial charge >= 0.3 is 0 Å². The summed E-state index contributed by atoms with van der Waals surface area (Å²) in [5, 5.41) is 19.1. The molecule has 2 aromatic rings. The molecule has 106 valence electrons. The van der Waals surface area contributed by atoms with Crippen molar-refractivity contribution in [1.29, 1.82) is 0 Å². The molecule has 5 heteroatoms. The van der Waals surface area contributed by atoms with Crippen molar-refractivity contribution in [3.63, 3.8) is 0 Å². The lowest BCUT2D eigenvalue weighted by Crippen LogP contribution is -2.32. The minimum absolute atomic E-state index is 0.255. The van der Waals surface area contributed by atoms with E-state index in [9.17, 15) is 9.90 Å². The number of carbonyl (C=O) groups excluding carboxylic acids is 1. The van der Waals surface area contributed by atoms with E-state index < -0.39 is 6.10 Å². The van der Waals surface area contributed by atoms with Gasteiger partial charge in [0.2, 0.25) is 0 Å². The molecule has 0 saturated carbocycles. The first-order chi connectivity index (χ1) is 9.70. The number of amides is 1. The maximum atomic E-state index is 11.9. The highest BCUT2D eigenvalue weighted by atomic mass is 16.3. The Morgan fingerprint density at radius 3 is 2.85 bits per heavy atom. The van der Waals surface area contributed by atoms with Crippen LogP contribution in [0.3, 0.4) is 0 Å². The van der Waals surface area contributed by atoms with E-state index in [1.807, 2.05) is 37.3 Å². The summed E-state index contributed by atoms with van der Waals surface area (Å²) in [5.41, 5.74) is 2.08. The van der Waals surface area contributed by atoms with E-state index >= 15 is 0 Å². The van der Waals surface area contributed by atoms with Gasteiger partial charge < -0.3 is 10.4 Å². The normalized spacial score (nSPS) is 12.1. The van der Waals surface area contributed by atoms with Crippen molar-refractivity contribution in [2.75, 3.05) is 6.54 Å². The second-order valence-electron chi connectivity index (χ2n) is 4.69. The van der Waals surface area contributed by atoms with Gasteiger partial charge in [-0.05, 0) is 12.5 Å². The molecular formula is C15H19N3O2. The predicted octanol–water partition coefficient (Wildman–Crippen LogP) is 1.97. The van der Waals surface area contributed by atoms with E-state index in [1.54, 1.807) is 6.07 Å². The SMILES string of the molecule is CCCC(O)CNC(=O)c1cc(-c2ccccc2)n[nH]1. The Morgan fingerprint density at radius 2 is 2.15 bits per heavy atom. The highest BCUT2D eigenvalue weighted by Gasteiger charge is 2.12. The van der Waals surface area contributed by atoms with Crippen LogP contribution in [0.4, 0.5) is 0 Å². The first-order valence-electron chi connectivity index (χ1n) is 6.77. The predicted molar refractivity (Wildman–Crippen MR) is 77.3 cm³/mol. The van der Waals surface area contributed by atoms with Gasteiger partial charge in [0.1, 0.15) is 5.69 Å². The molecule has 20 heavy (non-hydrogen) atoms. The largest absolute Gasteiger partial charge is 0.391 e. The molecule has 0 radical (unpaired) electrons. The van der Waals surface area contributed by atoms with Gasteiger partial charge in [-0.15, -0.1) is 0 Å². The smallest absolute Gasteiger partial charge is 0.269 e. The maximum absolute atomic E-state index is 11.9. The molecule has 1 amide bonds. The summed E-state index contributed by atoms with van der Waals surface area (Å²) < 4.78 is 0. The molecule has 0 saturated heterocycles. The molecule has 1 unspecified atom stereocenters. The minimum atomic E-state index is -0.500. The van der Waals surface area contributed by atoms with Crippen LogP contribution in [-0.4, -0.2) is 33.9 Å². The number of nitrogens with zero attached hydrogens (tertiary/aromatic N) is 1. The van der Waals surface area contributed by atoms with E-state index in [2.05, 4.69) is 15.5 Å². The van der Waals surface area contributed by atoms with E-state index in [4.69, 9.17) is 0 Å². The number of aliphatic hydroxyl groups excluding tert-OH is 1. The summed E-state index contributed by atoms with van der Waals surface area (Å²) >= 11 is 0. The summed E-state index contributed by atoms with van der Waals surface area (Å²) in [6, 6.07) is 11.3. The maximum Gasteiger partial charge on any atom is 0.269 e. The first-order valence-corrected chi connectivity index (χ1v) is 6.77. The average molecular weight is 273 g/mol. The molecule has 2 rings (SSSR count). The first kappa shape index (κ1) is 14.3. The van der Waals surface area contributed by atoms with Gasteiger partial charge in [-0.2, -0.15) is 5.10 Å². The molecule has 0 aliphatic heterocycles. The van der Waals surface area contributed by atoms with Gasteiger partial charge in [0.15, 0.2) is 0 Å². The van der Waals surface area contributed by atoms with Crippen molar-refractivity contribution in [2.24, 2.45) is 0 Å². The lowest BCUT2D eigenvalue weighted by molar-refractivity contribution is 0.0905. The molecule has 0 fully saturated rings. The average Bonchev–Trinajstić information content (AvgIpc) is 2.96. The monoisotopic (exact) mass is 273 g/mol. The fourth-order valence-corrected chi connectivity index (χ4v) is 1.94. The highest BCUT2D eigenvalue weighted by Crippen LogP contribution is 2.16. The summed E-state index contributed by atoms with van der Waals surface area (Å²) in [7, 11) is 0. The zero-order chi connectivity index (χ0) is 14.4. The molecular weight excluding hydrogens is 254 g/mol. The Balaban J connectivity index is 1.97. The highest BCUT2D eigenvalue weighted by molar-refractivity contribution is 5.93. The quantitative estimate of drug-likeness (QED) is 0.753. The number of aliphatic hydroxyl groups is 1. The topological polar surface area (TPSA) is 78.0 Å². The number of benzene rings is 1. The van der Waals surface area contributed by atoms with Crippen LogP contribution in [-0.2, 0) is 0 Å². The van der Waals surface area contributed by atoms with Crippen molar-refractivity contribution in [2.45, 2.75) is 25.9 Å². The number of aromatic nitrogens is 2. The molecule has 1 heterocycles. The third-order valence-corrected chi connectivity index (χ3v) is 3.01. The molecule has 0 bridgehead atoms. The van der Waals surface area contributed by atoms with E-state index in [0.29, 0.717) is 12.1 Å². The van der Waals surface area contributed by atoms with Crippen LogP contribution in [0.15, 0.2) is 36.4 Å². The third-order valence-electron chi connectivity index (χ3n) is 3.01. The zero-order valence-corrected chi connectivity index (χ0v) is 11.5. The van der Waals surface area contributed by atoms with Gasteiger partial charge in [0.25, 0.3) is 5.91 Å². The molecule has 1 aromatic heterocycles. The summed E-state index contributed by atoms with van der Waals surface area (Å²) in [6.07, 6.45) is 1.07. The fraction of sp³-hybridized carbons (Fsp3) is 0.333. The molecule has 3 N–H and O–H groups in total. The molecule has 0 aliphatic carbocycles. The van der Waals surface area contributed by atoms with Crippen molar-refractivity contribution in [3.8, 4) is 11.3 Å². The van der Waals surface area contributed by atoms with Crippen LogP contribution in [0.1, 0.15) is 30.3 Å². The summed E-state index contributed by atoms with van der Waals surface area (Å²) in [4.78, 5) is 11.9. The Bertz CT molecular complexity index is 551. The number of H-pyrrole nitrogens is 1. The summed E-state index contributed by atoms with van der Waals surface area (Å²) in [5.74, 6) is -0.255. The van der Waals surface area contributed by atoms with E-state index in [1.165, 1.54) is 0 Å². The van der Waals surface area contributed by atoms with Crippen LogP contribution in [0.2, 0.25) is 0 Å². The van der Waals surface area contributed by atoms with Crippen LogP contribution >= 0.6 is 0 Å². The Morgan fingerprint density at radius 1 is 1.40 bits per heavy atom. The number of hydrogen-bond donors (Lipinski definition) is 3. The second kappa shape index (κ2) is 6.86. The van der Waals surface area contributed by atoms with Crippen molar-refractivity contribution in [3.05, 3.63) is 42.1 Å². The van der Waals surface area contributed by atoms with E-state index in [0.717, 1.165) is 17.7 Å². The number of hydrogen-bond acceptors (Lipinski definition) is 3. The molecule has 0 spiro atoms. The zero-order valence-electron chi connectivity index (χ0n) is 11.5.